The smallest absolute Gasteiger partial charge is 0.240 e. The molecule has 0 aromatic carbocycles. The van der Waals surface area contributed by atoms with Crippen LogP contribution in [-0.2, 0) is 9.59 Å². The van der Waals surface area contributed by atoms with E-state index in [1.807, 2.05) is 31.3 Å². The van der Waals surface area contributed by atoms with Crippen molar-refractivity contribution in [1.82, 2.24) is 14.9 Å². The van der Waals surface area contributed by atoms with Gasteiger partial charge in [-0.25, -0.2) is 4.98 Å². The fraction of sp³-hybridized carbons (Fsp3) is 0.429. The number of amides is 2. The van der Waals surface area contributed by atoms with Crippen LogP contribution in [0.4, 0.5) is 5.82 Å². The van der Waals surface area contributed by atoms with E-state index in [2.05, 4.69) is 21.4 Å². The molecule has 2 aliphatic rings. The zero-order valence-corrected chi connectivity index (χ0v) is 15.9. The predicted octanol–water partition coefficient (Wildman–Crippen LogP) is 3.08. The molecule has 3 heterocycles. The second-order valence-electron chi connectivity index (χ2n) is 7.41. The second-order valence-corrected chi connectivity index (χ2v) is 7.41. The highest BCUT2D eigenvalue weighted by molar-refractivity contribution is 5.97. The minimum absolute atomic E-state index is 0.0286. The molecular formula is C21H23N5O2. The number of H-pyrrole nitrogens is 1. The van der Waals surface area contributed by atoms with Crippen molar-refractivity contribution in [2.45, 2.75) is 32.6 Å². The Labute approximate surface area is 163 Å². The Balaban J connectivity index is 1.58. The predicted molar refractivity (Wildman–Crippen MR) is 106 cm³/mol. The number of hydrogen-bond acceptors (Lipinski definition) is 4. The summed E-state index contributed by atoms with van der Waals surface area (Å²) >= 11 is 0. The number of anilines is 1. The van der Waals surface area contributed by atoms with Crippen molar-refractivity contribution in [2.24, 2.45) is 11.8 Å². The number of carbonyl (C=O) groups is 2. The van der Waals surface area contributed by atoms with Gasteiger partial charge in [0.15, 0.2) is 0 Å². The van der Waals surface area contributed by atoms with E-state index >= 15 is 0 Å². The first-order valence-corrected chi connectivity index (χ1v) is 9.77. The van der Waals surface area contributed by atoms with Crippen LogP contribution in [0.25, 0.3) is 16.6 Å². The molecule has 1 fully saturated rings. The van der Waals surface area contributed by atoms with E-state index in [1.165, 1.54) is 0 Å². The largest absolute Gasteiger partial charge is 0.346 e. The van der Waals surface area contributed by atoms with Crippen LogP contribution < -0.4 is 5.32 Å². The maximum absolute atomic E-state index is 12.4. The average Bonchev–Trinajstić information content (AvgIpc) is 3.46. The summed E-state index contributed by atoms with van der Waals surface area (Å²) in [7, 11) is 0. The third kappa shape index (κ3) is 3.50. The number of aromatic amines is 1. The summed E-state index contributed by atoms with van der Waals surface area (Å²) in [5.41, 5.74) is 2.89. The lowest BCUT2D eigenvalue weighted by molar-refractivity contribution is -0.133. The van der Waals surface area contributed by atoms with E-state index in [-0.39, 0.29) is 17.7 Å². The lowest BCUT2D eigenvalue weighted by atomic mass is 9.96. The Kier molecular flexibility index (Phi) is 4.86. The van der Waals surface area contributed by atoms with Gasteiger partial charge in [0.25, 0.3) is 0 Å². The van der Waals surface area contributed by atoms with E-state index in [4.69, 9.17) is 5.26 Å². The van der Waals surface area contributed by atoms with Crippen LogP contribution in [0, 0.1) is 23.2 Å². The Morgan fingerprint density at radius 2 is 2.29 bits per heavy atom. The molecule has 0 spiro atoms. The maximum atomic E-state index is 12.4. The van der Waals surface area contributed by atoms with Crippen LogP contribution in [0.15, 0.2) is 24.4 Å². The lowest BCUT2D eigenvalue weighted by Gasteiger charge is -2.28. The maximum Gasteiger partial charge on any atom is 0.240 e. The van der Waals surface area contributed by atoms with Gasteiger partial charge in [0.05, 0.1) is 6.07 Å². The van der Waals surface area contributed by atoms with Gasteiger partial charge >= 0.3 is 0 Å². The third-order valence-corrected chi connectivity index (χ3v) is 5.46. The molecule has 1 atom stereocenters. The molecular weight excluding hydrogens is 354 g/mol. The molecule has 4 rings (SSSR count). The lowest BCUT2D eigenvalue weighted by Crippen LogP contribution is -2.38. The summed E-state index contributed by atoms with van der Waals surface area (Å²) < 4.78 is 0. The van der Waals surface area contributed by atoms with E-state index in [1.54, 1.807) is 4.90 Å². The minimum atomic E-state index is -0.573. The topological polar surface area (TPSA) is 102 Å². The molecule has 1 aliphatic heterocycles. The number of nitriles is 1. The van der Waals surface area contributed by atoms with Gasteiger partial charge in [0.2, 0.25) is 11.8 Å². The van der Waals surface area contributed by atoms with Crippen molar-refractivity contribution in [1.29, 1.82) is 5.26 Å². The van der Waals surface area contributed by atoms with E-state index < -0.39 is 5.92 Å². The third-order valence-electron chi connectivity index (χ3n) is 5.46. The van der Waals surface area contributed by atoms with Crippen LogP contribution in [0.3, 0.4) is 0 Å². The van der Waals surface area contributed by atoms with Gasteiger partial charge in [0, 0.05) is 30.6 Å². The fourth-order valence-corrected chi connectivity index (χ4v) is 3.60. The summed E-state index contributed by atoms with van der Waals surface area (Å²) in [6.45, 7) is 2.93. The van der Waals surface area contributed by atoms with Crippen LogP contribution in [0.2, 0.25) is 0 Å². The van der Waals surface area contributed by atoms with Crippen molar-refractivity contribution < 1.29 is 9.59 Å². The number of fused-ring (bicyclic) bond motifs is 1. The monoisotopic (exact) mass is 377 g/mol. The van der Waals surface area contributed by atoms with Gasteiger partial charge in [-0.15, -0.1) is 0 Å². The van der Waals surface area contributed by atoms with Crippen molar-refractivity contribution in [3.63, 3.8) is 0 Å². The Morgan fingerprint density at radius 1 is 1.46 bits per heavy atom. The second kappa shape index (κ2) is 7.47. The summed E-state index contributed by atoms with van der Waals surface area (Å²) in [6, 6.07) is 5.99. The highest BCUT2D eigenvalue weighted by Crippen LogP contribution is 2.33. The zero-order valence-electron chi connectivity index (χ0n) is 15.9. The van der Waals surface area contributed by atoms with Crippen molar-refractivity contribution >= 4 is 34.2 Å². The zero-order chi connectivity index (χ0) is 19.7. The van der Waals surface area contributed by atoms with Gasteiger partial charge in [0.1, 0.15) is 17.4 Å². The molecule has 1 aliphatic carbocycles. The number of rotatable bonds is 5. The Morgan fingerprint density at radius 3 is 2.93 bits per heavy atom. The average molecular weight is 377 g/mol. The molecule has 144 valence electrons. The first kappa shape index (κ1) is 18.2. The Bertz CT molecular complexity index is 996. The highest BCUT2D eigenvalue weighted by atomic mass is 16.2. The number of nitrogens with zero attached hydrogens (tertiary/aromatic N) is 3. The molecule has 28 heavy (non-hydrogen) atoms. The SMILES string of the molecule is CCC(C#N)C(=O)N1CC=C(c2cc(NC(=O)C3CC3)nc3[nH]ccc23)CC1. The molecule has 2 N–H and O–H groups in total. The molecule has 2 aromatic heterocycles. The number of nitrogens with one attached hydrogen (secondary N) is 2. The van der Waals surface area contributed by atoms with E-state index in [9.17, 15) is 9.59 Å². The molecule has 0 radical (unpaired) electrons. The van der Waals surface area contributed by atoms with Crippen molar-refractivity contribution in [3.05, 3.63) is 30.0 Å². The molecule has 1 unspecified atom stereocenters. The molecule has 1 saturated carbocycles. The van der Waals surface area contributed by atoms with E-state index in [0.717, 1.165) is 35.0 Å². The first-order valence-electron chi connectivity index (χ1n) is 9.77. The van der Waals surface area contributed by atoms with Crippen LogP contribution in [-0.4, -0.2) is 39.8 Å². The van der Waals surface area contributed by atoms with Crippen LogP contribution in [0.5, 0.6) is 0 Å². The number of aromatic nitrogens is 2. The quantitative estimate of drug-likeness (QED) is 0.836. The molecule has 7 nitrogen and oxygen atoms in total. The van der Waals surface area contributed by atoms with Gasteiger partial charge in [-0.1, -0.05) is 13.0 Å². The Hall–Kier alpha value is -3.14. The van der Waals surface area contributed by atoms with Crippen LogP contribution >= 0.6 is 0 Å². The van der Waals surface area contributed by atoms with Gasteiger partial charge < -0.3 is 15.2 Å². The van der Waals surface area contributed by atoms with Gasteiger partial charge in [-0.3, -0.25) is 9.59 Å². The van der Waals surface area contributed by atoms with Crippen molar-refractivity contribution in [2.75, 3.05) is 18.4 Å². The fourth-order valence-electron chi connectivity index (χ4n) is 3.60. The standard InChI is InChI=1S/C21H23N5O2/c1-2-13(12-22)21(28)26-9-6-14(7-10-26)17-11-18(25-20(27)15-3-4-15)24-19-16(17)5-8-23-19/h5-6,8,11,13,15H,2-4,7,9-10H2,1H3,(H2,23,24,25,27). The summed E-state index contributed by atoms with van der Waals surface area (Å²) in [6.07, 6.45) is 7.00. The molecule has 7 heteroatoms. The summed E-state index contributed by atoms with van der Waals surface area (Å²) in [5.74, 6) is 0.0260. The first-order chi connectivity index (χ1) is 13.6. The minimum Gasteiger partial charge on any atom is -0.346 e. The van der Waals surface area contributed by atoms with Crippen LogP contribution in [0.1, 0.15) is 38.2 Å². The van der Waals surface area contributed by atoms with Crippen molar-refractivity contribution in [3.8, 4) is 6.07 Å². The molecule has 0 bridgehead atoms. The number of pyridine rings is 1. The normalized spacial score (nSPS) is 17.7. The molecule has 2 aromatic rings. The number of hydrogen-bond donors (Lipinski definition) is 2. The van der Waals surface area contributed by atoms with Gasteiger partial charge in [-0.05, 0) is 49.0 Å². The number of carbonyl (C=O) groups excluding carboxylic acids is 2. The summed E-state index contributed by atoms with van der Waals surface area (Å²) in [4.78, 5) is 33.9. The molecule has 2 amide bonds. The summed E-state index contributed by atoms with van der Waals surface area (Å²) in [5, 5.41) is 13.1. The van der Waals surface area contributed by atoms with Gasteiger partial charge in [-0.2, -0.15) is 5.26 Å². The van der Waals surface area contributed by atoms with E-state index in [0.29, 0.717) is 31.7 Å². The highest BCUT2D eigenvalue weighted by Gasteiger charge is 2.30. The molecule has 0 saturated heterocycles.